The fourth-order valence-electron chi connectivity index (χ4n) is 3.89. The predicted molar refractivity (Wildman–Crippen MR) is 107 cm³/mol. The van der Waals surface area contributed by atoms with Gasteiger partial charge in [0.2, 0.25) is 0 Å². The van der Waals surface area contributed by atoms with Gasteiger partial charge < -0.3 is 10.4 Å². The zero-order valence-corrected chi connectivity index (χ0v) is 16.0. The van der Waals surface area contributed by atoms with Gasteiger partial charge in [-0.15, -0.1) is 11.3 Å². The first-order chi connectivity index (χ1) is 13.2. The molecule has 1 aliphatic heterocycles. The highest BCUT2D eigenvalue weighted by atomic mass is 32.1. The van der Waals surface area contributed by atoms with E-state index in [1.165, 1.54) is 22.2 Å². The van der Waals surface area contributed by atoms with Crippen molar-refractivity contribution in [3.63, 3.8) is 0 Å². The molecule has 3 aromatic rings. The normalized spacial score (nSPS) is 17.9. The van der Waals surface area contributed by atoms with Crippen LogP contribution in [0.4, 0.5) is 4.39 Å². The summed E-state index contributed by atoms with van der Waals surface area (Å²) >= 11 is 1.72. The monoisotopic (exact) mass is 385 g/mol. The first kappa shape index (κ1) is 18.5. The van der Waals surface area contributed by atoms with E-state index in [-0.39, 0.29) is 5.82 Å². The second-order valence-electron chi connectivity index (χ2n) is 7.00. The molecule has 0 radical (unpaired) electrons. The number of halogens is 1. The van der Waals surface area contributed by atoms with Crippen LogP contribution >= 0.6 is 11.3 Å². The van der Waals surface area contributed by atoms with Crippen molar-refractivity contribution in [2.24, 2.45) is 0 Å². The van der Waals surface area contributed by atoms with E-state index in [0.717, 1.165) is 50.3 Å². The molecule has 1 unspecified atom stereocenters. The number of fused-ring (bicyclic) bond motifs is 1. The third-order valence-electron chi connectivity index (χ3n) is 5.35. The number of thiophene rings is 1. The summed E-state index contributed by atoms with van der Waals surface area (Å²) in [5.41, 5.74) is 0.751. The number of nitrogens with zero attached hydrogens (tertiary/aromatic N) is 2. The van der Waals surface area contributed by atoms with Crippen LogP contribution in [-0.4, -0.2) is 41.2 Å². The number of pyridine rings is 1. The lowest BCUT2D eigenvalue weighted by atomic mass is 9.93. The molecule has 1 aromatic carbocycles. The number of nitrogens with one attached hydrogen (secondary N) is 1. The Bertz CT molecular complexity index is 892. The van der Waals surface area contributed by atoms with Crippen molar-refractivity contribution in [1.82, 2.24) is 15.2 Å². The van der Waals surface area contributed by atoms with Gasteiger partial charge in [0.25, 0.3) is 0 Å². The van der Waals surface area contributed by atoms with Crippen LogP contribution in [-0.2, 0) is 12.1 Å². The van der Waals surface area contributed by atoms with Gasteiger partial charge in [-0.3, -0.25) is 9.88 Å². The number of benzene rings is 1. The Morgan fingerprint density at radius 3 is 2.70 bits per heavy atom. The minimum absolute atomic E-state index is 0.283. The van der Waals surface area contributed by atoms with Crippen molar-refractivity contribution in [2.45, 2.75) is 25.0 Å². The fourth-order valence-corrected chi connectivity index (χ4v) is 4.69. The molecule has 1 fully saturated rings. The van der Waals surface area contributed by atoms with Gasteiger partial charge in [0.1, 0.15) is 11.5 Å². The van der Waals surface area contributed by atoms with Crippen molar-refractivity contribution in [1.29, 1.82) is 0 Å². The van der Waals surface area contributed by atoms with Crippen LogP contribution in [0.3, 0.4) is 0 Å². The maximum Gasteiger partial charge on any atom is 0.144 e. The molecule has 2 N–H and O–H groups in total. The Labute approximate surface area is 162 Å². The summed E-state index contributed by atoms with van der Waals surface area (Å²) in [5, 5.41) is 18.2. The van der Waals surface area contributed by atoms with E-state index < -0.39 is 5.72 Å². The van der Waals surface area contributed by atoms with Crippen molar-refractivity contribution in [3.05, 3.63) is 65.0 Å². The topological polar surface area (TPSA) is 48.4 Å². The molecule has 4 nitrogen and oxygen atoms in total. The van der Waals surface area contributed by atoms with Gasteiger partial charge in [-0.05, 0) is 54.5 Å². The summed E-state index contributed by atoms with van der Waals surface area (Å²) in [6.45, 7) is 3.23. The summed E-state index contributed by atoms with van der Waals surface area (Å²) in [7, 11) is 0. The molecular formula is C21H24FN3OS. The number of hydrogen-bond acceptors (Lipinski definition) is 5. The molecule has 4 rings (SSSR count). The smallest absolute Gasteiger partial charge is 0.144 e. The highest BCUT2D eigenvalue weighted by Gasteiger charge is 2.36. The minimum atomic E-state index is -1.08. The molecule has 1 aliphatic rings. The van der Waals surface area contributed by atoms with Gasteiger partial charge in [-0.25, -0.2) is 4.39 Å². The lowest BCUT2D eigenvalue weighted by Gasteiger charge is -2.42. The van der Waals surface area contributed by atoms with Crippen LogP contribution in [0.25, 0.3) is 10.1 Å². The maximum absolute atomic E-state index is 13.4. The molecule has 0 aliphatic carbocycles. The average molecular weight is 386 g/mol. The number of aliphatic hydroxyl groups is 1. The molecule has 1 saturated heterocycles. The summed E-state index contributed by atoms with van der Waals surface area (Å²) < 4.78 is 14.6. The molecule has 0 bridgehead atoms. The van der Waals surface area contributed by atoms with E-state index in [1.54, 1.807) is 23.5 Å². The van der Waals surface area contributed by atoms with Gasteiger partial charge in [-0.1, -0.05) is 12.1 Å². The Morgan fingerprint density at radius 2 is 1.93 bits per heavy atom. The number of piperazine rings is 1. The van der Waals surface area contributed by atoms with Gasteiger partial charge >= 0.3 is 0 Å². The van der Waals surface area contributed by atoms with E-state index in [2.05, 4.69) is 26.6 Å². The Balaban J connectivity index is 1.53. The second-order valence-corrected chi connectivity index (χ2v) is 7.95. The summed E-state index contributed by atoms with van der Waals surface area (Å²) in [4.78, 5) is 6.65. The number of aromatic nitrogens is 1. The number of hydrogen-bond donors (Lipinski definition) is 2. The molecule has 1 atom stereocenters. The molecule has 0 spiro atoms. The van der Waals surface area contributed by atoms with E-state index >= 15 is 0 Å². The Kier molecular flexibility index (Phi) is 5.50. The molecule has 6 heteroatoms. The average Bonchev–Trinajstić information content (AvgIpc) is 3.19. The quantitative estimate of drug-likeness (QED) is 0.682. The highest BCUT2D eigenvalue weighted by molar-refractivity contribution is 7.17. The lowest BCUT2D eigenvalue weighted by Crippen LogP contribution is -2.54. The van der Waals surface area contributed by atoms with Crippen LogP contribution in [0.2, 0.25) is 0 Å². The molecular weight excluding hydrogens is 361 g/mol. The van der Waals surface area contributed by atoms with Crippen molar-refractivity contribution in [2.75, 3.05) is 26.2 Å². The third-order valence-corrected chi connectivity index (χ3v) is 6.23. The maximum atomic E-state index is 13.4. The van der Waals surface area contributed by atoms with Crippen molar-refractivity contribution < 1.29 is 9.50 Å². The Hall–Kier alpha value is -1.86. The standard InChI is InChI=1S/C21H24FN3OS/c22-17-5-3-16(4-6-17)21(26,25-13-11-23-12-14-25)9-1-2-19-18-8-15-27-20(18)7-10-24-19/h3-8,10,15,23,26H,1-2,9,11-14H2. The van der Waals surface area contributed by atoms with Crippen LogP contribution in [0.15, 0.2) is 48.0 Å². The van der Waals surface area contributed by atoms with Crippen molar-refractivity contribution >= 4 is 21.4 Å². The van der Waals surface area contributed by atoms with Crippen LogP contribution in [0, 0.1) is 5.82 Å². The third kappa shape index (κ3) is 3.89. The number of rotatable bonds is 6. The summed E-state index contributed by atoms with van der Waals surface area (Å²) in [6.07, 6.45) is 4.06. The van der Waals surface area contributed by atoms with E-state index in [9.17, 15) is 9.50 Å². The molecule has 3 heterocycles. The van der Waals surface area contributed by atoms with Crippen molar-refractivity contribution in [3.8, 4) is 0 Å². The zero-order chi connectivity index (χ0) is 18.7. The van der Waals surface area contributed by atoms with Crippen LogP contribution in [0.5, 0.6) is 0 Å². The first-order valence-corrected chi connectivity index (χ1v) is 10.3. The van der Waals surface area contributed by atoms with E-state index in [4.69, 9.17) is 0 Å². The SMILES string of the molecule is OC(CCCc1nccc2sccc12)(c1ccc(F)cc1)N1CCNCC1. The predicted octanol–water partition coefficient (Wildman–Crippen LogP) is 3.51. The van der Waals surface area contributed by atoms with Crippen LogP contribution < -0.4 is 5.32 Å². The van der Waals surface area contributed by atoms with Gasteiger partial charge in [-0.2, -0.15) is 0 Å². The first-order valence-electron chi connectivity index (χ1n) is 9.42. The number of aryl methyl sites for hydroxylation is 1. The Morgan fingerprint density at radius 1 is 1.15 bits per heavy atom. The molecule has 2 aromatic heterocycles. The fraction of sp³-hybridized carbons (Fsp3) is 0.381. The van der Waals surface area contributed by atoms with E-state index in [0.29, 0.717) is 6.42 Å². The van der Waals surface area contributed by atoms with Gasteiger partial charge in [0.05, 0.1) is 0 Å². The molecule has 0 amide bonds. The molecule has 0 saturated carbocycles. The molecule has 27 heavy (non-hydrogen) atoms. The van der Waals surface area contributed by atoms with E-state index in [1.807, 2.05) is 12.3 Å². The zero-order valence-electron chi connectivity index (χ0n) is 15.2. The van der Waals surface area contributed by atoms with Crippen LogP contribution in [0.1, 0.15) is 24.1 Å². The largest absolute Gasteiger partial charge is 0.371 e. The minimum Gasteiger partial charge on any atom is -0.371 e. The lowest BCUT2D eigenvalue weighted by molar-refractivity contribution is -0.127. The summed E-state index contributed by atoms with van der Waals surface area (Å²) in [6, 6.07) is 10.4. The van der Waals surface area contributed by atoms with Gasteiger partial charge in [0, 0.05) is 48.2 Å². The molecule has 142 valence electrons. The van der Waals surface area contributed by atoms with Gasteiger partial charge in [0.15, 0.2) is 0 Å². The summed E-state index contributed by atoms with van der Waals surface area (Å²) in [5.74, 6) is -0.283. The second kappa shape index (κ2) is 8.02. The highest BCUT2D eigenvalue weighted by Crippen LogP contribution is 2.32.